The number of rotatable bonds is 6. The van der Waals surface area contributed by atoms with E-state index in [1.54, 1.807) is 11.1 Å². The minimum Gasteiger partial charge on any atom is -0.305 e. The third-order valence-corrected chi connectivity index (χ3v) is 6.59. The van der Waals surface area contributed by atoms with Crippen molar-refractivity contribution in [2.45, 2.75) is 44.2 Å². The van der Waals surface area contributed by atoms with E-state index < -0.39 is 0 Å². The third-order valence-electron chi connectivity index (χ3n) is 6.59. The van der Waals surface area contributed by atoms with E-state index >= 15 is 0 Å². The van der Waals surface area contributed by atoms with Gasteiger partial charge in [-0.1, -0.05) is 48.5 Å². The van der Waals surface area contributed by atoms with E-state index in [0.717, 1.165) is 24.9 Å². The van der Waals surface area contributed by atoms with Crippen LogP contribution in [0.25, 0.3) is 0 Å². The van der Waals surface area contributed by atoms with Gasteiger partial charge in [-0.25, -0.2) is 0 Å². The van der Waals surface area contributed by atoms with Crippen molar-refractivity contribution in [1.29, 1.82) is 0 Å². The van der Waals surface area contributed by atoms with Crippen molar-refractivity contribution in [3.63, 3.8) is 0 Å². The Labute approximate surface area is 165 Å². The number of hydrogen-bond acceptors (Lipinski definition) is 2. The minimum atomic E-state index is 0.695. The fourth-order valence-electron chi connectivity index (χ4n) is 5.78. The lowest BCUT2D eigenvalue weighted by Gasteiger charge is -2.32. The zero-order chi connectivity index (χ0) is 19.0. The first kappa shape index (κ1) is 18.7. The standard InChI is InChI=1S/C25H34N2/c1-26(2)16-18-7-5-9-20(13-18)24-22-11-12-23(15-22)25(24)21-10-6-8-19(14-21)17-27(3)4/h5-10,13-14,22-25H,11-12,15-17H2,1-4H3. The smallest absolute Gasteiger partial charge is 0.0227 e. The van der Waals surface area contributed by atoms with Gasteiger partial charge in [-0.3, -0.25) is 0 Å². The van der Waals surface area contributed by atoms with Crippen molar-refractivity contribution in [3.05, 3.63) is 70.8 Å². The summed E-state index contributed by atoms with van der Waals surface area (Å²) in [5, 5.41) is 0. The summed E-state index contributed by atoms with van der Waals surface area (Å²) in [6.45, 7) is 2.05. The van der Waals surface area contributed by atoms with Crippen LogP contribution in [0.4, 0.5) is 0 Å². The topological polar surface area (TPSA) is 6.48 Å². The molecular formula is C25H34N2. The Morgan fingerprint density at radius 1 is 0.704 bits per heavy atom. The largest absolute Gasteiger partial charge is 0.305 e. The molecule has 27 heavy (non-hydrogen) atoms. The summed E-state index contributed by atoms with van der Waals surface area (Å²) in [5.74, 6) is 3.13. The normalized spacial score (nSPS) is 27.0. The maximum atomic E-state index is 2.49. The number of hydrogen-bond donors (Lipinski definition) is 0. The maximum Gasteiger partial charge on any atom is 0.0227 e. The zero-order valence-corrected chi connectivity index (χ0v) is 17.4. The van der Waals surface area contributed by atoms with E-state index in [0.29, 0.717) is 11.8 Å². The van der Waals surface area contributed by atoms with Gasteiger partial charge in [0.05, 0.1) is 0 Å². The van der Waals surface area contributed by atoms with Gasteiger partial charge in [0.25, 0.3) is 0 Å². The van der Waals surface area contributed by atoms with Crippen LogP contribution in [0.5, 0.6) is 0 Å². The van der Waals surface area contributed by atoms with E-state index in [9.17, 15) is 0 Å². The molecule has 0 aliphatic heterocycles. The molecule has 0 aromatic heterocycles. The Morgan fingerprint density at radius 3 is 1.56 bits per heavy atom. The molecule has 4 unspecified atom stereocenters. The first-order chi connectivity index (χ1) is 13.0. The fourth-order valence-corrected chi connectivity index (χ4v) is 5.78. The van der Waals surface area contributed by atoms with Crippen LogP contribution < -0.4 is 0 Å². The summed E-state index contributed by atoms with van der Waals surface area (Å²) in [7, 11) is 8.62. The van der Waals surface area contributed by atoms with Crippen molar-refractivity contribution in [1.82, 2.24) is 9.80 Å². The lowest BCUT2D eigenvalue weighted by molar-refractivity contribution is 0.363. The molecule has 0 N–H and O–H groups in total. The Hall–Kier alpha value is -1.64. The van der Waals surface area contributed by atoms with Gasteiger partial charge in [0.15, 0.2) is 0 Å². The van der Waals surface area contributed by atoms with Crippen LogP contribution in [0.3, 0.4) is 0 Å². The summed E-state index contributed by atoms with van der Waals surface area (Å²) >= 11 is 0. The van der Waals surface area contributed by atoms with Crippen molar-refractivity contribution in [2.24, 2.45) is 11.8 Å². The minimum absolute atomic E-state index is 0.695. The van der Waals surface area contributed by atoms with Crippen molar-refractivity contribution >= 4 is 0 Å². The van der Waals surface area contributed by atoms with Crippen molar-refractivity contribution in [3.8, 4) is 0 Å². The number of nitrogens with zero attached hydrogens (tertiary/aromatic N) is 2. The SMILES string of the molecule is CN(C)Cc1cccc(C2C3CCC(C3)C2c2cccc(CN(C)C)c2)c1. The van der Waals surface area contributed by atoms with Gasteiger partial charge in [0, 0.05) is 13.1 Å². The molecule has 4 rings (SSSR count). The summed E-state index contributed by atoms with van der Waals surface area (Å²) in [6, 6.07) is 18.9. The molecule has 0 saturated heterocycles. The van der Waals surface area contributed by atoms with Crippen LogP contribution in [0, 0.1) is 11.8 Å². The van der Waals surface area contributed by atoms with Crippen LogP contribution in [-0.4, -0.2) is 38.0 Å². The first-order valence-corrected chi connectivity index (χ1v) is 10.5. The predicted molar refractivity (Wildman–Crippen MR) is 114 cm³/mol. The van der Waals surface area contributed by atoms with Crippen molar-refractivity contribution < 1.29 is 0 Å². The highest BCUT2D eigenvalue weighted by Gasteiger charge is 2.48. The summed E-state index contributed by atoms with van der Waals surface area (Å²) < 4.78 is 0. The number of benzene rings is 2. The van der Waals surface area contributed by atoms with Crippen LogP contribution in [0.15, 0.2) is 48.5 Å². The maximum absolute atomic E-state index is 2.49. The fraction of sp³-hybridized carbons (Fsp3) is 0.520. The van der Waals surface area contributed by atoms with Gasteiger partial charge in [-0.05, 0) is 93.4 Å². The molecule has 2 fully saturated rings. The molecule has 0 spiro atoms. The van der Waals surface area contributed by atoms with Gasteiger partial charge in [-0.15, -0.1) is 0 Å². The summed E-state index contributed by atoms with van der Waals surface area (Å²) in [6.07, 6.45) is 4.26. The molecule has 2 aliphatic rings. The van der Waals surface area contributed by atoms with Gasteiger partial charge in [-0.2, -0.15) is 0 Å². The lowest BCUT2D eigenvalue weighted by Crippen LogP contribution is -2.20. The van der Waals surface area contributed by atoms with E-state index in [2.05, 4.69) is 86.5 Å². The highest BCUT2D eigenvalue weighted by atomic mass is 15.1. The van der Waals surface area contributed by atoms with E-state index in [4.69, 9.17) is 0 Å². The van der Waals surface area contributed by atoms with Crippen LogP contribution in [-0.2, 0) is 13.1 Å². The van der Waals surface area contributed by atoms with Crippen LogP contribution in [0.1, 0.15) is 53.4 Å². The second-order valence-corrected chi connectivity index (χ2v) is 9.35. The van der Waals surface area contributed by atoms with Gasteiger partial charge < -0.3 is 9.80 Å². The molecule has 2 aromatic carbocycles. The second-order valence-electron chi connectivity index (χ2n) is 9.35. The van der Waals surface area contributed by atoms with Crippen molar-refractivity contribution in [2.75, 3.05) is 28.2 Å². The average Bonchev–Trinajstić information content (AvgIpc) is 3.22. The molecule has 2 aliphatic carbocycles. The molecule has 4 atom stereocenters. The van der Waals surface area contributed by atoms with Gasteiger partial charge >= 0.3 is 0 Å². The van der Waals surface area contributed by atoms with E-state index in [1.165, 1.54) is 30.4 Å². The predicted octanol–water partition coefficient (Wildman–Crippen LogP) is 5.11. The Balaban J connectivity index is 1.66. The molecule has 144 valence electrons. The van der Waals surface area contributed by atoms with Crippen LogP contribution >= 0.6 is 0 Å². The van der Waals surface area contributed by atoms with Gasteiger partial charge in [0.1, 0.15) is 0 Å². The first-order valence-electron chi connectivity index (χ1n) is 10.5. The highest BCUT2D eigenvalue weighted by Crippen LogP contribution is 2.60. The Bertz CT molecular complexity index is 714. The molecule has 0 radical (unpaired) electrons. The summed E-state index contributed by atoms with van der Waals surface area (Å²) in [5.41, 5.74) is 6.04. The monoisotopic (exact) mass is 362 g/mol. The van der Waals surface area contributed by atoms with E-state index in [-0.39, 0.29) is 0 Å². The van der Waals surface area contributed by atoms with Gasteiger partial charge in [0.2, 0.25) is 0 Å². The molecule has 2 bridgehead atoms. The second kappa shape index (κ2) is 7.77. The molecule has 2 saturated carbocycles. The molecule has 0 heterocycles. The lowest BCUT2D eigenvalue weighted by atomic mass is 9.72. The summed E-state index contributed by atoms with van der Waals surface area (Å²) in [4.78, 5) is 4.53. The zero-order valence-electron chi connectivity index (χ0n) is 17.4. The highest BCUT2D eigenvalue weighted by molar-refractivity contribution is 5.37. The Kier molecular flexibility index (Phi) is 5.39. The number of fused-ring (bicyclic) bond motifs is 2. The third kappa shape index (κ3) is 3.97. The van der Waals surface area contributed by atoms with E-state index in [1.807, 2.05) is 0 Å². The molecule has 0 amide bonds. The quantitative estimate of drug-likeness (QED) is 0.705. The average molecular weight is 363 g/mol. The molecule has 2 nitrogen and oxygen atoms in total. The van der Waals surface area contributed by atoms with Crippen LogP contribution in [0.2, 0.25) is 0 Å². The molecule has 2 heteroatoms. The Morgan fingerprint density at radius 2 is 1.15 bits per heavy atom. The molecular weight excluding hydrogens is 328 g/mol. The molecule has 2 aromatic rings.